The van der Waals surface area contributed by atoms with Crippen molar-refractivity contribution in [1.82, 2.24) is 4.31 Å². The van der Waals surface area contributed by atoms with Crippen molar-refractivity contribution >= 4 is 37.5 Å². The van der Waals surface area contributed by atoms with Crippen molar-refractivity contribution in [3.05, 3.63) is 83.9 Å². The molecule has 1 heterocycles. The van der Waals surface area contributed by atoms with Crippen LogP contribution in [-0.2, 0) is 36.2 Å². The van der Waals surface area contributed by atoms with E-state index in [9.17, 15) is 26.4 Å². The van der Waals surface area contributed by atoms with Crippen LogP contribution in [0.25, 0.3) is 0 Å². The lowest BCUT2D eigenvalue weighted by atomic mass is 10.1. The number of nitrogens with zero attached hydrogens (tertiary/aromatic N) is 2. The summed E-state index contributed by atoms with van der Waals surface area (Å²) in [5.41, 5.74) is 1.73. The molecule has 2 N–H and O–H groups in total. The van der Waals surface area contributed by atoms with Gasteiger partial charge in [0.1, 0.15) is 11.8 Å². The number of amides is 2. The Kier molecular flexibility index (Phi) is 7.20. The smallest absolute Gasteiger partial charge is 0.252 e. The molecule has 1 unspecified atom stereocenters. The summed E-state index contributed by atoms with van der Waals surface area (Å²) >= 11 is 0. The number of hydrogen-bond acceptors (Lipinski definition) is 7. The molecular weight excluding hydrogens is 518 g/mol. The van der Waals surface area contributed by atoms with Crippen molar-refractivity contribution in [3.8, 4) is 5.75 Å². The minimum Gasteiger partial charge on any atom is -0.497 e. The number of ether oxygens (including phenoxy) is 1. The highest BCUT2D eigenvalue weighted by Crippen LogP contribution is 2.31. The molecule has 4 rings (SSSR count). The van der Waals surface area contributed by atoms with Gasteiger partial charge in [-0.1, -0.05) is 29.8 Å². The number of imide groups is 1. The molecule has 0 aromatic heterocycles. The van der Waals surface area contributed by atoms with Gasteiger partial charge in [-0.15, -0.1) is 0 Å². The first-order valence-electron chi connectivity index (χ1n) is 11.1. The Morgan fingerprint density at radius 3 is 2.00 bits per heavy atom. The van der Waals surface area contributed by atoms with Crippen molar-refractivity contribution in [2.24, 2.45) is 5.14 Å². The second-order valence-electron chi connectivity index (χ2n) is 8.54. The van der Waals surface area contributed by atoms with Gasteiger partial charge >= 0.3 is 0 Å². The van der Waals surface area contributed by atoms with E-state index in [1.54, 1.807) is 12.1 Å². The number of nitrogens with two attached hydrogens (primary N) is 1. The van der Waals surface area contributed by atoms with Crippen LogP contribution in [0.2, 0.25) is 0 Å². The topological polar surface area (TPSA) is 144 Å². The van der Waals surface area contributed by atoms with Crippen molar-refractivity contribution in [2.75, 3.05) is 12.0 Å². The summed E-state index contributed by atoms with van der Waals surface area (Å²) in [5, 5.41) is 5.12. The molecule has 1 aliphatic heterocycles. The van der Waals surface area contributed by atoms with Crippen molar-refractivity contribution in [1.29, 1.82) is 0 Å². The molecule has 3 aromatic rings. The molecule has 1 saturated heterocycles. The average Bonchev–Trinajstić information content (AvgIpc) is 3.16. The summed E-state index contributed by atoms with van der Waals surface area (Å²) in [6, 6.07) is 16.5. The quantitative estimate of drug-likeness (QED) is 0.429. The minimum atomic E-state index is -4.22. The van der Waals surface area contributed by atoms with Crippen LogP contribution >= 0.6 is 0 Å². The van der Waals surface area contributed by atoms with Crippen molar-refractivity contribution in [3.63, 3.8) is 0 Å². The number of aryl methyl sites for hydroxylation is 1. The number of hydrogen-bond donors (Lipinski definition) is 1. The van der Waals surface area contributed by atoms with Gasteiger partial charge in [-0.2, -0.15) is 4.31 Å². The lowest BCUT2D eigenvalue weighted by molar-refractivity contribution is -0.122. The molecule has 37 heavy (non-hydrogen) atoms. The van der Waals surface area contributed by atoms with E-state index in [1.165, 1.54) is 55.6 Å². The normalized spacial score (nSPS) is 16.4. The van der Waals surface area contributed by atoms with E-state index in [4.69, 9.17) is 9.88 Å². The van der Waals surface area contributed by atoms with Gasteiger partial charge in [-0.3, -0.25) is 9.59 Å². The molecule has 0 aliphatic carbocycles. The number of carbonyl (C=O) groups is 2. The first-order valence-corrected chi connectivity index (χ1v) is 14.1. The molecule has 0 radical (unpaired) electrons. The largest absolute Gasteiger partial charge is 0.497 e. The number of rotatable bonds is 8. The molecule has 194 valence electrons. The number of sulfonamides is 2. The van der Waals surface area contributed by atoms with Crippen LogP contribution in [0.5, 0.6) is 5.75 Å². The van der Waals surface area contributed by atoms with Crippen molar-refractivity contribution < 1.29 is 31.2 Å². The summed E-state index contributed by atoms with van der Waals surface area (Å²) in [5.74, 6) is -0.889. The Morgan fingerprint density at radius 2 is 1.46 bits per heavy atom. The van der Waals surface area contributed by atoms with Gasteiger partial charge in [0, 0.05) is 6.54 Å². The van der Waals surface area contributed by atoms with Crippen LogP contribution in [0.15, 0.2) is 82.6 Å². The maximum absolute atomic E-state index is 13.8. The van der Waals surface area contributed by atoms with Gasteiger partial charge < -0.3 is 4.74 Å². The molecule has 1 fully saturated rings. The Hall–Kier alpha value is -3.58. The highest BCUT2D eigenvalue weighted by Gasteiger charge is 2.47. The Balaban J connectivity index is 1.73. The highest BCUT2D eigenvalue weighted by atomic mass is 32.2. The fraction of sp³-hybridized carbons (Fsp3) is 0.200. The van der Waals surface area contributed by atoms with E-state index in [-0.39, 0.29) is 28.4 Å². The van der Waals surface area contributed by atoms with Crippen LogP contribution in [-0.4, -0.2) is 46.1 Å². The Morgan fingerprint density at radius 1 is 0.892 bits per heavy atom. The highest BCUT2D eigenvalue weighted by molar-refractivity contribution is 7.89. The molecule has 12 heteroatoms. The maximum Gasteiger partial charge on any atom is 0.252 e. The third-order valence-corrected chi connectivity index (χ3v) is 8.82. The third kappa shape index (κ3) is 5.42. The zero-order valence-corrected chi connectivity index (χ0v) is 21.7. The van der Waals surface area contributed by atoms with Gasteiger partial charge in [-0.25, -0.2) is 26.9 Å². The predicted octanol–water partition coefficient (Wildman–Crippen LogP) is 2.17. The average molecular weight is 544 g/mol. The molecule has 3 aromatic carbocycles. The van der Waals surface area contributed by atoms with E-state index < -0.39 is 37.9 Å². The molecule has 10 nitrogen and oxygen atoms in total. The number of benzene rings is 3. The fourth-order valence-electron chi connectivity index (χ4n) is 4.02. The maximum atomic E-state index is 13.8. The SMILES string of the molecule is COc1ccc(S(=O)(=O)N(Cc2ccc(C)cc2)C2CC(=O)N(c3ccc(S(N)(=O)=O)cc3)C2=O)cc1. The lowest BCUT2D eigenvalue weighted by Crippen LogP contribution is -2.45. The minimum absolute atomic E-state index is 0.0587. The van der Waals surface area contributed by atoms with Crippen LogP contribution in [0, 0.1) is 6.92 Å². The van der Waals surface area contributed by atoms with E-state index in [2.05, 4.69) is 0 Å². The summed E-state index contributed by atoms with van der Waals surface area (Å²) < 4.78 is 56.8. The summed E-state index contributed by atoms with van der Waals surface area (Å²) in [6.07, 6.45) is -0.378. The summed E-state index contributed by atoms with van der Waals surface area (Å²) in [4.78, 5) is 27.1. The molecular formula is C25H25N3O7S2. The molecule has 0 bridgehead atoms. The first-order chi connectivity index (χ1) is 17.4. The van der Waals surface area contributed by atoms with Crippen LogP contribution < -0.4 is 14.8 Å². The Labute approximate surface area is 215 Å². The van der Waals surface area contributed by atoms with Gasteiger partial charge in [0.25, 0.3) is 5.91 Å². The molecule has 1 aliphatic rings. The molecule has 2 amide bonds. The van der Waals surface area contributed by atoms with E-state index in [0.717, 1.165) is 14.8 Å². The number of anilines is 1. The van der Waals surface area contributed by atoms with E-state index >= 15 is 0 Å². The number of primary sulfonamides is 1. The molecule has 0 saturated carbocycles. The van der Waals surface area contributed by atoms with E-state index in [1.807, 2.05) is 19.1 Å². The summed E-state index contributed by atoms with van der Waals surface area (Å²) in [6.45, 7) is 1.75. The standard InChI is InChI=1S/C25H25N3O7S2/c1-17-3-5-18(6-4-17)16-27(37(33,34)22-13-9-20(35-2)10-14-22)23-15-24(29)28(25(23)30)19-7-11-21(12-8-19)36(26,31)32/h3-14,23H,15-16H2,1-2H3,(H2,26,31,32). The molecule has 1 atom stereocenters. The van der Waals surface area contributed by atoms with Crippen molar-refractivity contribution in [2.45, 2.75) is 35.7 Å². The second kappa shape index (κ2) is 10.1. The molecule has 0 spiro atoms. The van der Waals surface area contributed by atoms with Gasteiger partial charge in [0.15, 0.2) is 0 Å². The van der Waals surface area contributed by atoms with E-state index in [0.29, 0.717) is 11.3 Å². The van der Waals surface area contributed by atoms with Gasteiger partial charge in [0.05, 0.1) is 29.0 Å². The zero-order chi connectivity index (χ0) is 27.0. The number of methoxy groups -OCH3 is 1. The Bertz CT molecular complexity index is 1540. The first kappa shape index (κ1) is 26.5. The van der Waals surface area contributed by atoms with Crippen LogP contribution in [0.1, 0.15) is 17.5 Å². The van der Waals surface area contributed by atoms with Crippen LogP contribution in [0.3, 0.4) is 0 Å². The van der Waals surface area contributed by atoms with Gasteiger partial charge in [-0.05, 0) is 61.0 Å². The lowest BCUT2D eigenvalue weighted by Gasteiger charge is -2.27. The summed E-state index contributed by atoms with van der Waals surface area (Å²) in [7, 11) is -6.74. The fourth-order valence-corrected chi connectivity index (χ4v) is 6.10. The predicted molar refractivity (Wildman–Crippen MR) is 136 cm³/mol. The second-order valence-corrected chi connectivity index (χ2v) is 12.0. The van der Waals surface area contributed by atoms with Crippen LogP contribution in [0.4, 0.5) is 5.69 Å². The third-order valence-electron chi connectivity index (χ3n) is 6.02. The number of carbonyl (C=O) groups excluding carboxylic acids is 2. The van der Waals surface area contributed by atoms with Gasteiger partial charge in [0.2, 0.25) is 26.0 Å². The zero-order valence-electron chi connectivity index (χ0n) is 20.1. The monoisotopic (exact) mass is 543 g/mol.